The van der Waals surface area contributed by atoms with Crippen molar-refractivity contribution in [2.75, 3.05) is 19.7 Å². The number of piperidine rings is 1. The number of para-hydroxylation sites is 1. The van der Waals surface area contributed by atoms with Crippen LogP contribution in [0.2, 0.25) is 0 Å². The molecule has 5 heteroatoms. The number of benzene rings is 1. The molecule has 0 unspecified atom stereocenters. The van der Waals surface area contributed by atoms with Crippen LogP contribution in [-0.2, 0) is 9.59 Å². The Morgan fingerprint density at radius 2 is 1.96 bits per heavy atom. The molecule has 1 aliphatic rings. The Morgan fingerprint density at radius 3 is 2.62 bits per heavy atom. The smallest absolute Gasteiger partial charge is 0.226 e. The fraction of sp³-hybridized carbons (Fsp3) is 0.579. The molecule has 1 atom stereocenters. The molecule has 0 bridgehead atoms. The second-order valence-electron chi connectivity index (χ2n) is 7.33. The van der Waals surface area contributed by atoms with Crippen LogP contribution < -0.4 is 10.1 Å². The van der Waals surface area contributed by atoms with E-state index in [2.05, 4.69) is 5.32 Å². The lowest BCUT2D eigenvalue weighted by Gasteiger charge is -2.33. The van der Waals surface area contributed by atoms with E-state index < -0.39 is 0 Å². The number of ether oxygens (including phenoxy) is 1. The van der Waals surface area contributed by atoms with Gasteiger partial charge in [0.15, 0.2) is 0 Å². The van der Waals surface area contributed by atoms with E-state index in [0.717, 1.165) is 25.1 Å². The molecule has 0 saturated carbocycles. The van der Waals surface area contributed by atoms with Gasteiger partial charge in [-0.05, 0) is 45.7 Å². The van der Waals surface area contributed by atoms with Crippen LogP contribution >= 0.6 is 0 Å². The topological polar surface area (TPSA) is 58.6 Å². The number of carbonyl (C=O) groups excluding carboxylic acids is 2. The normalized spacial score (nSPS) is 18.1. The minimum absolute atomic E-state index is 0.0422. The third-order valence-electron chi connectivity index (χ3n) is 3.97. The summed E-state index contributed by atoms with van der Waals surface area (Å²) in [7, 11) is 0. The van der Waals surface area contributed by atoms with E-state index in [9.17, 15) is 9.59 Å². The Morgan fingerprint density at radius 1 is 1.25 bits per heavy atom. The monoisotopic (exact) mass is 332 g/mol. The van der Waals surface area contributed by atoms with Crippen molar-refractivity contribution in [2.45, 2.75) is 45.6 Å². The molecule has 0 radical (unpaired) electrons. The molecule has 24 heavy (non-hydrogen) atoms. The lowest BCUT2D eigenvalue weighted by molar-refractivity contribution is -0.136. The average molecular weight is 332 g/mol. The van der Waals surface area contributed by atoms with Crippen LogP contribution in [-0.4, -0.2) is 41.9 Å². The summed E-state index contributed by atoms with van der Waals surface area (Å²) in [6, 6.07) is 9.48. The summed E-state index contributed by atoms with van der Waals surface area (Å²) in [5.41, 5.74) is -0.243. The van der Waals surface area contributed by atoms with E-state index in [0.29, 0.717) is 19.6 Å². The molecule has 1 heterocycles. The first-order valence-corrected chi connectivity index (χ1v) is 8.63. The number of hydrogen-bond acceptors (Lipinski definition) is 3. The standard InChI is InChI=1S/C19H28N2O3/c1-19(2,3)20-18(23)15-8-7-12-21(14-15)17(22)11-13-24-16-9-5-4-6-10-16/h4-6,9-10,15H,7-8,11-14H2,1-3H3,(H,20,23)/t15-/m0/s1. The Hall–Kier alpha value is -2.04. The Labute approximate surface area is 144 Å². The highest BCUT2D eigenvalue weighted by Gasteiger charge is 2.29. The third kappa shape index (κ3) is 5.87. The molecule has 0 spiro atoms. The van der Waals surface area contributed by atoms with Crippen LogP contribution in [0.5, 0.6) is 5.75 Å². The van der Waals surface area contributed by atoms with Crippen LogP contribution in [0.15, 0.2) is 30.3 Å². The van der Waals surface area contributed by atoms with Crippen molar-refractivity contribution in [3.05, 3.63) is 30.3 Å². The largest absolute Gasteiger partial charge is 0.493 e. The summed E-state index contributed by atoms with van der Waals surface area (Å²) in [4.78, 5) is 26.5. The summed E-state index contributed by atoms with van der Waals surface area (Å²) in [6.07, 6.45) is 2.04. The van der Waals surface area contributed by atoms with Crippen molar-refractivity contribution in [1.29, 1.82) is 0 Å². The zero-order chi connectivity index (χ0) is 17.6. The number of hydrogen-bond donors (Lipinski definition) is 1. The zero-order valence-corrected chi connectivity index (χ0v) is 14.9. The average Bonchev–Trinajstić information content (AvgIpc) is 2.54. The van der Waals surface area contributed by atoms with E-state index in [-0.39, 0.29) is 23.3 Å². The number of carbonyl (C=O) groups is 2. The van der Waals surface area contributed by atoms with Crippen LogP contribution in [0.4, 0.5) is 0 Å². The minimum Gasteiger partial charge on any atom is -0.493 e. The van der Waals surface area contributed by atoms with Crippen LogP contribution in [0, 0.1) is 5.92 Å². The molecule has 1 aromatic carbocycles. The number of rotatable bonds is 5. The van der Waals surface area contributed by atoms with Gasteiger partial charge in [0.1, 0.15) is 5.75 Å². The summed E-state index contributed by atoms with van der Waals surface area (Å²) < 4.78 is 5.58. The molecule has 0 aromatic heterocycles. The molecule has 1 saturated heterocycles. The molecular formula is C19H28N2O3. The number of nitrogens with one attached hydrogen (secondary N) is 1. The summed E-state index contributed by atoms with van der Waals surface area (Å²) in [6.45, 7) is 7.50. The number of likely N-dealkylation sites (tertiary alicyclic amines) is 1. The molecule has 1 aromatic rings. The van der Waals surface area contributed by atoms with Crippen LogP contribution in [0.1, 0.15) is 40.0 Å². The maximum atomic E-state index is 12.4. The van der Waals surface area contributed by atoms with Crippen molar-refractivity contribution in [3.8, 4) is 5.75 Å². The predicted molar refractivity (Wildman–Crippen MR) is 93.8 cm³/mol. The van der Waals surface area contributed by atoms with Gasteiger partial charge in [0.25, 0.3) is 0 Å². The Kier molecular flexibility index (Phi) is 6.23. The first-order valence-electron chi connectivity index (χ1n) is 8.63. The molecule has 1 fully saturated rings. The van der Waals surface area contributed by atoms with Crippen molar-refractivity contribution in [1.82, 2.24) is 10.2 Å². The highest BCUT2D eigenvalue weighted by Crippen LogP contribution is 2.19. The molecular weight excluding hydrogens is 304 g/mol. The molecule has 0 aliphatic carbocycles. The van der Waals surface area contributed by atoms with E-state index in [1.54, 1.807) is 4.90 Å². The van der Waals surface area contributed by atoms with Gasteiger partial charge in [-0.1, -0.05) is 18.2 Å². The SMILES string of the molecule is CC(C)(C)NC(=O)[C@H]1CCCN(C(=O)CCOc2ccccc2)C1. The second kappa shape index (κ2) is 8.18. The maximum Gasteiger partial charge on any atom is 0.226 e. The highest BCUT2D eigenvalue weighted by atomic mass is 16.5. The van der Waals surface area contributed by atoms with Crippen molar-refractivity contribution >= 4 is 11.8 Å². The first-order chi connectivity index (χ1) is 11.3. The summed E-state index contributed by atoms with van der Waals surface area (Å²) >= 11 is 0. The van der Waals surface area contributed by atoms with Gasteiger partial charge in [-0.2, -0.15) is 0 Å². The van der Waals surface area contributed by atoms with Crippen molar-refractivity contribution < 1.29 is 14.3 Å². The predicted octanol–water partition coefficient (Wildman–Crippen LogP) is 2.61. The van der Waals surface area contributed by atoms with Crippen LogP contribution in [0.3, 0.4) is 0 Å². The molecule has 1 N–H and O–H groups in total. The van der Waals surface area contributed by atoms with Crippen LogP contribution in [0.25, 0.3) is 0 Å². The van der Waals surface area contributed by atoms with E-state index in [1.807, 2.05) is 51.1 Å². The van der Waals surface area contributed by atoms with Gasteiger partial charge in [0.2, 0.25) is 11.8 Å². The summed E-state index contributed by atoms with van der Waals surface area (Å²) in [5.74, 6) is 0.753. The molecule has 132 valence electrons. The number of nitrogens with zero attached hydrogens (tertiary/aromatic N) is 1. The first kappa shape index (κ1) is 18.3. The second-order valence-corrected chi connectivity index (χ2v) is 7.33. The fourth-order valence-corrected chi connectivity index (χ4v) is 2.82. The molecule has 1 aliphatic heterocycles. The minimum atomic E-state index is -0.243. The highest BCUT2D eigenvalue weighted by molar-refractivity contribution is 5.81. The van der Waals surface area contributed by atoms with Gasteiger partial charge in [-0.25, -0.2) is 0 Å². The van der Waals surface area contributed by atoms with E-state index in [1.165, 1.54) is 0 Å². The zero-order valence-electron chi connectivity index (χ0n) is 14.9. The maximum absolute atomic E-state index is 12.4. The fourth-order valence-electron chi connectivity index (χ4n) is 2.82. The van der Waals surface area contributed by atoms with Gasteiger partial charge in [-0.3, -0.25) is 9.59 Å². The molecule has 2 rings (SSSR count). The Balaban J connectivity index is 1.78. The summed E-state index contributed by atoms with van der Waals surface area (Å²) in [5, 5.41) is 3.01. The van der Waals surface area contributed by atoms with Gasteiger partial charge in [0.05, 0.1) is 18.9 Å². The van der Waals surface area contributed by atoms with Crippen molar-refractivity contribution in [3.63, 3.8) is 0 Å². The van der Waals surface area contributed by atoms with Gasteiger partial charge in [0, 0.05) is 18.6 Å². The lowest BCUT2D eigenvalue weighted by Crippen LogP contribution is -2.49. The Bertz CT molecular complexity index is 551. The van der Waals surface area contributed by atoms with Gasteiger partial charge in [-0.15, -0.1) is 0 Å². The van der Waals surface area contributed by atoms with Crippen molar-refractivity contribution in [2.24, 2.45) is 5.92 Å². The quantitative estimate of drug-likeness (QED) is 0.902. The third-order valence-corrected chi connectivity index (χ3v) is 3.97. The lowest BCUT2D eigenvalue weighted by atomic mass is 9.95. The van der Waals surface area contributed by atoms with E-state index >= 15 is 0 Å². The molecule has 2 amide bonds. The van der Waals surface area contributed by atoms with Gasteiger partial charge < -0.3 is 15.0 Å². The number of amides is 2. The molecule has 5 nitrogen and oxygen atoms in total. The van der Waals surface area contributed by atoms with Gasteiger partial charge >= 0.3 is 0 Å². The van der Waals surface area contributed by atoms with E-state index in [4.69, 9.17) is 4.74 Å².